The highest BCUT2D eigenvalue weighted by Gasteiger charge is 2.49. The van der Waals surface area contributed by atoms with Crippen molar-refractivity contribution in [1.29, 1.82) is 0 Å². The van der Waals surface area contributed by atoms with Gasteiger partial charge in [-0.15, -0.1) is 0 Å². The van der Waals surface area contributed by atoms with Gasteiger partial charge < -0.3 is 18.8 Å². The maximum absolute atomic E-state index is 12.6. The predicted molar refractivity (Wildman–Crippen MR) is 92.0 cm³/mol. The molecule has 3 saturated heterocycles. The van der Waals surface area contributed by atoms with Gasteiger partial charge in [0, 0.05) is 38.3 Å². The van der Waals surface area contributed by atoms with Gasteiger partial charge in [0.15, 0.2) is 5.76 Å². The molecule has 3 aliphatic rings. The summed E-state index contributed by atoms with van der Waals surface area (Å²) in [5.41, 5.74) is 0.825. The highest BCUT2D eigenvalue weighted by atomic mass is 16.6. The molecule has 2 atom stereocenters. The van der Waals surface area contributed by atoms with Crippen molar-refractivity contribution in [3.8, 4) is 0 Å². The van der Waals surface area contributed by atoms with Gasteiger partial charge >= 0.3 is 6.09 Å². The van der Waals surface area contributed by atoms with Crippen LogP contribution in [0.1, 0.15) is 22.5 Å². The van der Waals surface area contributed by atoms with Gasteiger partial charge in [-0.3, -0.25) is 14.6 Å². The highest BCUT2D eigenvalue weighted by molar-refractivity contribution is 5.93. The molecule has 142 valence electrons. The van der Waals surface area contributed by atoms with Gasteiger partial charge in [-0.05, 0) is 19.4 Å². The summed E-state index contributed by atoms with van der Waals surface area (Å²) in [6, 6.07) is 1.72. The third kappa shape index (κ3) is 3.31. The van der Waals surface area contributed by atoms with Crippen molar-refractivity contribution in [2.75, 3.05) is 52.5 Å². The van der Waals surface area contributed by atoms with E-state index in [0.29, 0.717) is 25.4 Å². The van der Waals surface area contributed by atoms with Crippen molar-refractivity contribution >= 4 is 12.0 Å². The smallest absolute Gasteiger partial charge is 0.410 e. The van der Waals surface area contributed by atoms with Crippen LogP contribution in [0.3, 0.4) is 0 Å². The molecular formula is C18H25N3O5. The minimum Gasteiger partial charge on any atom is -0.459 e. The first-order valence-corrected chi connectivity index (χ1v) is 9.24. The summed E-state index contributed by atoms with van der Waals surface area (Å²) in [4.78, 5) is 30.7. The number of morpholine rings is 1. The molecule has 0 aliphatic carbocycles. The summed E-state index contributed by atoms with van der Waals surface area (Å²) >= 11 is 0. The number of furan rings is 1. The molecule has 0 saturated carbocycles. The van der Waals surface area contributed by atoms with E-state index in [2.05, 4.69) is 4.90 Å². The Kier molecular flexibility index (Phi) is 4.86. The molecule has 0 radical (unpaired) electrons. The summed E-state index contributed by atoms with van der Waals surface area (Å²) in [6.45, 7) is 7.81. The third-order valence-corrected chi connectivity index (χ3v) is 5.44. The number of carbonyl (C=O) groups is 2. The largest absolute Gasteiger partial charge is 0.459 e. The topological polar surface area (TPSA) is 75.5 Å². The Bertz CT molecular complexity index is 670. The van der Waals surface area contributed by atoms with Crippen LogP contribution in [0.5, 0.6) is 0 Å². The summed E-state index contributed by atoms with van der Waals surface area (Å²) in [7, 11) is 0. The number of hydrogen-bond acceptors (Lipinski definition) is 6. The van der Waals surface area contributed by atoms with Crippen LogP contribution in [-0.4, -0.2) is 91.3 Å². The lowest BCUT2D eigenvalue weighted by atomic mass is 10.2. The van der Waals surface area contributed by atoms with Gasteiger partial charge in [-0.1, -0.05) is 0 Å². The van der Waals surface area contributed by atoms with E-state index in [-0.39, 0.29) is 24.1 Å². The first kappa shape index (κ1) is 17.4. The van der Waals surface area contributed by atoms with Crippen LogP contribution in [0.4, 0.5) is 4.79 Å². The molecule has 2 amide bonds. The molecule has 0 bridgehead atoms. The summed E-state index contributed by atoms with van der Waals surface area (Å²) in [5, 5.41) is 0. The third-order valence-electron chi connectivity index (χ3n) is 5.44. The molecule has 0 unspecified atom stereocenters. The van der Waals surface area contributed by atoms with Crippen molar-refractivity contribution in [1.82, 2.24) is 14.7 Å². The Balaban J connectivity index is 1.32. The lowest BCUT2D eigenvalue weighted by molar-refractivity contribution is 0.0362. The van der Waals surface area contributed by atoms with E-state index in [9.17, 15) is 9.59 Å². The quantitative estimate of drug-likeness (QED) is 0.776. The normalized spacial score (nSPS) is 26.3. The number of carbonyl (C=O) groups excluding carboxylic acids is 2. The van der Waals surface area contributed by atoms with Crippen molar-refractivity contribution in [2.24, 2.45) is 0 Å². The molecule has 3 aliphatic heterocycles. The maximum Gasteiger partial charge on any atom is 0.410 e. The van der Waals surface area contributed by atoms with Crippen LogP contribution in [0.2, 0.25) is 0 Å². The summed E-state index contributed by atoms with van der Waals surface area (Å²) in [6.07, 6.45) is 1.91. The molecule has 8 nitrogen and oxygen atoms in total. The SMILES string of the molecule is Cc1ccoc1C(=O)N1C[C@H]2OC(=O)N(CCCN3CCOCC3)[C@H]2C1. The molecule has 0 spiro atoms. The highest BCUT2D eigenvalue weighted by Crippen LogP contribution is 2.28. The molecule has 1 aromatic rings. The standard InChI is InChI=1S/C18H25N3O5/c1-13-3-8-25-16(13)17(22)20-11-14-15(12-20)26-18(23)21(14)5-2-4-19-6-9-24-10-7-19/h3,8,14-15H,2,4-7,9-12H2,1H3/t14-,15+/m0/s1. The fraction of sp³-hybridized carbons (Fsp3) is 0.667. The van der Waals surface area contributed by atoms with Gasteiger partial charge in [0.1, 0.15) is 6.10 Å². The predicted octanol–water partition coefficient (Wildman–Crippen LogP) is 0.956. The zero-order valence-corrected chi connectivity index (χ0v) is 15.1. The Morgan fingerprint density at radius 1 is 1.23 bits per heavy atom. The van der Waals surface area contributed by atoms with Crippen LogP contribution in [0.15, 0.2) is 16.7 Å². The van der Waals surface area contributed by atoms with Crippen LogP contribution in [-0.2, 0) is 9.47 Å². The lowest BCUT2D eigenvalue weighted by Gasteiger charge is -2.28. The molecular weight excluding hydrogens is 338 g/mol. The zero-order valence-electron chi connectivity index (χ0n) is 15.1. The minimum absolute atomic E-state index is 0.0635. The number of likely N-dealkylation sites (tertiary alicyclic amines) is 1. The van der Waals surface area contributed by atoms with E-state index in [1.54, 1.807) is 15.9 Å². The summed E-state index contributed by atoms with van der Waals surface area (Å²) < 4.78 is 16.2. The Morgan fingerprint density at radius 3 is 2.77 bits per heavy atom. The van der Waals surface area contributed by atoms with Gasteiger partial charge in [-0.2, -0.15) is 0 Å². The molecule has 26 heavy (non-hydrogen) atoms. The van der Waals surface area contributed by atoms with Crippen LogP contribution in [0.25, 0.3) is 0 Å². The zero-order chi connectivity index (χ0) is 18.1. The maximum atomic E-state index is 12.6. The average Bonchev–Trinajstić information content (AvgIpc) is 3.31. The fourth-order valence-corrected chi connectivity index (χ4v) is 3.95. The molecule has 4 rings (SSSR count). The number of ether oxygens (including phenoxy) is 2. The molecule has 1 aromatic heterocycles. The van der Waals surface area contributed by atoms with E-state index < -0.39 is 0 Å². The van der Waals surface area contributed by atoms with Gasteiger partial charge in [0.05, 0.1) is 32.1 Å². The van der Waals surface area contributed by atoms with E-state index in [4.69, 9.17) is 13.9 Å². The van der Waals surface area contributed by atoms with E-state index >= 15 is 0 Å². The van der Waals surface area contributed by atoms with Crippen LogP contribution in [0, 0.1) is 6.92 Å². The molecule has 3 fully saturated rings. The van der Waals surface area contributed by atoms with Gasteiger partial charge in [0.2, 0.25) is 0 Å². The molecule has 0 aromatic carbocycles. The van der Waals surface area contributed by atoms with E-state index in [1.165, 1.54) is 6.26 Å². The van der Waals surface area contributed by atoms with E-state index in [0.717, 1.165) is 44.8 Å². The van der Waals surface area contributed by atoms with Crippen molar-refractivity contribution in [2.45, 2.75) is 25.5 Å². The number of aryl methyl sites for hydroxylation is 1. The van der Waals surface area contributed by atoms with Crippen molar-refractivity contribution in [3.63, 3.8) is 0 Å². The first-order valence-electron chi connectivity index (χ1n) is 9.24. The number of rotatable bonds is 5. The van der Waals surface area contributed by atoms with Crippen LogP contribution >= 0.6 is 0 Å². The first-order chi connectivity index (χ1) is 12.6. The fourth-order valence-electron chi connectivity index (χ4n) is 3.95. The minimum atomic E-state index is -0.261. The van der Waals surface area contributed by atoms with Crippen LogP contribution < -0.4 is 0 Å². The Labute approximate surface area is 152 Å². The second-order valence-corrected chi connectivity index (χ2v) is 7.13. The number of fused-ring (bicyclic) bond motifs is 1. The van der Waals surface area contributed by atoms with Crippen molar-refractivity contribution < 1.29 is 23.5 Å². The summed E-state index contributed by atoms with van der Waals surface area (Å²) in [5.74, 6) is 0.237. The molecule has 4 heterocycles. The number of amides is 2. The Morgan fingerprint density at radius 2 is 2.04 bits per heavy atom. The average molecular weight is 363 g/mol. The monoisotopic (exact) mass is 363 g/mol. The van der Waals surface area contributed by atoms with Gasteiger partial charge in [0.25, 0.3) is 5.91 Å². The number of hydrogen-bond donors (Lipinski definition) is 0. The second-order valence-electron chi connectivity index (χ2n) is 7.13. The molecule has 8 heteroatoms. The molecule has 0 N–H and O–H groups in total. The second kappa shape index (κ2) is 7.28. The van der Waals surface area contributed by atoms with E-state index in [1.807, 2.05) is 6.92 Å². The number of nitrogens with zero attached hydrogens (tertiary/aromatic N) is 3. The van der Waals surface area contributed by atoms with Gasteiger partial charge in [-0.25, -0.2) is 4.79 Å². The van der Waals surface area contributed by atoms with Crippen molar-refractivity contribution in [3.05, 3.63) is 23.7 Å². The Hall–Kier alpha value is -2.06. The lowest BCUT2D eigenvalue weighted by Crippen LogP contribution is -2.42.